The third-order valence-electron chi connectivity index (χ3n) is 4.28. The van der Waals surface area contributed by atoms with Gasteiger partial charge in [0.2, 0.25) is 0 Å². The molecule has 1 fully saturated rings. The highest BCUT2D eigenvalue weighted by Gasteiger charge is 2.38. The number of hydroxylamine groups is 2. The van der Waals surface area contributed by atoms with Gasteiger partial charge in [0.05, 0.1) is 11.1 Å². The molecule has 132 valence electrons. The Hall–Kier alpha value is -2.90. The summed E-state index contributed by atoms with van der Waals surface area (Å²) in [6.07, 6.45) is 5.17. The predicted octanol–water partition coefficient (Wildman–Crippen LogP) is 1.37. The first-order valence-corrected chi connectivity index (χ1v) is 8.29. The largest absolute Gasteiger partial charge is 0.352 e. The van der Waals surface area contributed by atoms with Crippen LogP contribution in [0.1, 0.15) is 52.8 Å². The molecule has 25 heavy (non-hydrogen) atoms. The second-order valence-electron chi connectivity index (χ2n) is 6.08. The lowest BCUT2D eigenvalue weighted by atomic mass is 9.96. The molecule has 0 radical (unpaired) electrons. The molecular formula is C17H19N3O5. The zero-order valence-corrected chi connectivity index (χ0v) is 13.6. The molecule has 8 nitrogen and oxygen atoms in total. The molecule has 3 rings (SSSR count). The first-order chi connectivity index (χ1) is 12.1. The van der Waals surface area contributed by atoms with Crippen LogP contribution in [0, 0.1) is 0 Å². The molecule has 0 spiro atoms. The summed E-state index contributed by atoms with van der Waals surface area (Å²) in [6, 6.07) is 5.85. The number of carbonyl (C=O) groups excluding carboxylic acids is 4. The smallest absolute Gasteiger partial charge is 0.335 e. The van der Waals surface area contributed by atoms with Gasteiger partial charge in [-0.05, 0) is 25.0 Å². The Morgan fingerprint density at radius 2 is 1.64 bits per heavy atom. The van der Waals surface area contributed by atoms with Crippen LogP contribution < -0.4 is 10.6 Å². The van der Waals surface area contributed by atoms with Crippen molar-refractivity contribution in [2.24, 2.45) is 0 Å². The van der Waals surface area contributed by atoms with Gasteiger partial charge in [-0.3, -0.25) is 9.59 Å². The number of amides is 4. The predicted molar refractivity (Wildman–Crippen MR) is 86.4 cm³/mol. The summed E-state index contributed by atoms with van der Waals surface area (Å²) in [5.41, 5.74) is 0.367. The summed E-state index contributed by atoms with van der Waals surface area (Å²) in [4.78, 5) is 52.6. The first kappa shape index (κ1) is 16.9. The van der Waals surface area contributed by atoms with Crippen LogP contribution in [-0.2, 0) is 9.63 Å². The normalized spacial score (nSPS) is 17.2. The fourth-order valence-corrected chi connectivity index (χ4v) is 3.02. The van der Waals surface area contributed by atoms with E-state index in [9.17, 15) is 19.2 Å². The van der Waals surface area contributed by atoms with Crippen molar-refractivity contribution in [2.45, 2.75) is 38.1 Å². The zero-order valence-electron chi connectivity index (χ0n) is 13.6. The first-order valence-electron chi connectivity index (χ1n) is 8.29. The number of urea groups is 1. The third-order valence-corrected chi connectivity index (χ3v) is 4.28. The van der Waals surface area contributed by atoms with E-state index in [0.717, 1.165) is 25.7 Å². The van der Waals surface area contributed by atoms with Crippen molar-refractivity contribution in [3.8, 4) is 0 Å². The Morgan fingerprint density at radius 3 is 2.24 bits per heavy atom. The average Bonchev–Trinajstić information content (AvgIpc) is 2.86. The maximum absolute atomic E-state index is 12.1. The maximum atomic E-state index is 12.1. The SMILES string of the molecule is O=C(NCC(=O)ON1C(=O)c2ccccc2C1=O)NC1CCCCC1. The maximum Gasteiger partial charge on any atom is 0.352 e. The van der Waals surface area contributed by atoms with E-state index in [1.165, 1.54) is 18.6 Å². The minimum Gasteiger partial charge on any atom is -0.335 e. The molecule has 1 aromatic carbocycles. The Morgan fingerprint density at radius 1 is 1.04 bits per heavy atom. The second-order valence-corrected chi connectivity index (χ2v) is 6.08. The number of carbonyl (C=O) groups is 4. The van der Waals surface area contributed by atoms with Crippen molar-refractivity contribution in [1.82, 2.24) is 15.7 Å². The summed E-state index contributed by atoms with van der Waals surface area (Å²) in [5.74, 6) is -2.28. The van der Waals surface area contributed by atoms with Crippen LogP contribution in [-0.4, -0.2) is 41.5 Å². The lowest BCUT2D eigenvalue weighted by molar-refractivity contribution is -0.167. The van der Waals surface area contributed by atoms with Crippen molar-refractivity contribution in [1.29, 1.82) is 0 Å². The number of fused-ring (bicyclic) bond motifs is 1. The molecule has 1 aromatic rings. The number of nitrogens with zero attached hydrogens (tertiary/aromatic N) is 1. The van der Waals surface area contributed by atoms with Crippen LogP contribution in [0.4, 0.5) is 4.79 Å². The van der Waals surface area contributed by atoms with Crippen LogP contribution in [0.2, 0.25) is 0 Å². The summed E-state index contributed by atoms with van der Waals surface area (Å²) in [5, 5.41) is 5.60. The second kappa shape index (κ2) is 7.33. The Balaban J connectivity index is 1.47. The average molecular weight is 345 g/mol. The Labute approximate surface area is 144 Å². The summed E-state index contributed by atoms with van der Waals surface area (Å²) in [6.45, 7) is -0.439. The minimum absolute atomic E-state index is 0.112. The van der Waals surface area contributed by atoms with E-state index >= 15 is 0 Å². The van der Waals surface area contributed by atoms with Gasteiger partial charge in [0.25, 0.3) is 11.8 Å². The van der Waals surface area contributed by atoms with E-state index in [4.69, 9.17) is 4.84 Å². The number of imide groups is 1. The minimum atomic E-state index is -0.895. The van der Waals surface area contributed by atoms with Gasteiger partial charge in [-0.1, -0.05) is 36.5 Å². The van der Waals surface area contributed by atoms with Crippen LogP contribution in [0.25, 0.3) is 0 Å². The van der Waals surface area contributed by atoms with E-state index in [0.29, 0.717) is 5.06 Å². The highest BCUT2D eigenvalue weighted by atomic mass is 16.7. The highest BCUT2D eigenvalue weighted by molar-refractivity contribution is 6.20. The topological polar surface area (TPSA) is 105 Å². The fraction of sp³-hybridized carbons (Fsp3) is 0.412. The summed E-state index contributed by atoms with van der Waals surface area (Å²) in [7, 11) is 0. The van der Waals surface area contributed by atoms with Gasteiger partial charge >= 0.3 is 12.0 Å². The fourth-order valence-electron chi connectivity index (χ4n) is 3.02. The molecular weight excluding hydrogens is 326 g/mol. The van der Waals surface area contributed by atoms with E-state index in [1.807, 2.05) is 0 Å². The molecule has 0 atom stereocenters. The lowest BCUT2D eigenvalue weighted by Gasteiger charge is -2.22. The van der Waals surface area contributed by atoms with Gasteiger partial charge in [-0.25, -0.2) is 9.59 Å². The van der Waals surface area contributed by atoms with E-state index in [-0.39, 0.29) is 17.2 Å². The van der Waals surface area contributed by atoms with Crippen LogP contribution in [0.3, 0.4) is 0 Å². The molecule has 0 unspecified atom stereocenters. The lowest BCUT2D eigenvalue weighted by Crippen LogP contribution is -2.45. The monoisotopic (exact) mass is 345 g/mol. The third kappa shape index (κ3) is 3.78. The summed E-state index contributed by atoms with van der Waals surface area (Å²) < 4.78 is 0. The number of hydrogen-bond donors (Lipinski definition) is 2. The van der Waals surface area contributed by atoms with Crippen molar-refractivity contribution >= 4 is 23.8 Å². The number of rotatable bonds is 4. The molecule has 0 bridgehead atoms. The molecule has 2 aliphatic rings. The van der Waals surface area contributed by atoms with Gasteiger partial charge in [-0.15, -0.1) is 0 Å². The number of nitrogens with one attached hydrogen (secondary N) is 2. The molecule has 1 saturated carbocycles. The molecule has 0 aromatic heterocycles. The molecule has 4 amide bonds. The van der Waals surface area contributed by atoms with Gasteiger partial charge in [0.15, 0.2) is 0 Å². The Bertz CT molecular complexity index is 677. The molecule has 2 N–H and O–H groups in total. The quantitative estimate of drug-likeness (QED) is 0.802. The van der Waals surface area contributed by atoms with E-state index in [2.05, 4.69) is 10.6 Å². The summed E-state index contributed by atoms with van der Waals surface area (Å²) >= 11 is 0. The molecule has 1 aliphatic carbocycles. The van der Waals surface area contributed by atoms with Crippen LogP contribution in [0.5, 0.6) is 0 Å². The van der Waals surface area contributed by atoms with Crippen molar-refractivity contribution < 1.29 is 24.0 Å². The van der Waals surface area contributed by atoms with Crippen molar-refractivity contribution in [3.63, 3.8) is 0 Å². The van der Waals surface area contributed by atoms with Gasteiger partial charge in [0.1, 0.15) is 6.54 Å². The van der Waals surface area contributed by atoms with E-state index < -0.39 is 30.4 Å². The van der Waals surface area contributed by atoms with E-state index in [1.54, 1.807) is 12.1 Å². The molecule has 8 heteroatoms. The molecule has 1 aliphatic heterocycles. The zero-order chi connectivity index (χ0) is 17.8. The number of benzene rings is 1. The van der Waals surface area contributed by atoms with Gasteiger partial charge < -0.3 is 15.5 Å². The van der Waals surface area contributed by atoms with Crippen molar-refractivity contribution in [2.75, 3.05) is 6.54 Å². The number of hydrogen-bond acceptors (Lipinski definition) is 5. The van der Waals surface area contributed by atoms with Crippen LogP contribution in [0.15, 0.2) is 24.3 Å². The van der Waals surface area contributed by atoms with Gasteiger partial charge in [0, 0.05) is 6.04 Å². The molecule has 1 heterocycles. The van der Waals surface area contributed by atoms with Gasteiger partial charge in [-0.2, -0.15) is 0 Å². The highest BCUT2D eigenvalue weighted by Crippen LogP contribution is 2.22. The van der Waals surface area contributed by atoms with Crippen LogP contribution >= 0.6 is 0 Å². The Kier molecular flexibility index (Phi) is 4.97. The molecule has 0 saturated heterocycles. The standard InChI is InChI=1S/C17H19N3O5/c21-14(10-18-17(24)19-11-6-2-1-3-7-11)25-20-15(22)12-8-4-5-9-13(12)16(20)23/h4-5,8-9,11H,1-3,6-7,10H2,(H2,18,19,24). The van der Waals surface area contributed by atoms with Crippen molar-refractivity contribution in [3.05, 3.63) is 35.4 Å².